The van der Waals surface area contributed by atoms with E-state index in [1.807, 2.05) is 34.6 Å². The molecule has 21 heavy (non-hydrogen) atoms. The molecule has 1 aliphatic rings. The number of nitrogens with zero attached hydrogens (tertiary/aromatic N) is 1. The van der Waals surface area contributed by atoms with Crippen LogP contribution < -0.4 is 11.1 Å². The zero-order valence-electron chi connectivity index (χ0n) is 13.8. The summed E-state index contributed by atoms with van der Waals surface area (Å²) >= 11 is 0. The number of ether oxygens (including phenoxy) is 1. The molecule has 0 aliphatic carbocycles. The van der Waals surface area contributed by atoms with Gasteiger partial charge in [0.25, 0.3) is 0 Å². The summed E-state index contributed by atoms with van der Waals surface area (Å²) in [6.07, 6.45) is 1.06. The first-order valence-electron chi connectivity index (χ1n) is 7.65. The lowest BCUT2D eigenvalue weighted by Gasteiger charge is -2.29. The molecular formula is C15H29N3O3. The number of hydrogen-bond acceptors (Lipinski definition) is 4. The summed E-state index contributed by atoms with van der Waals surface area (Å²) in [7, 11) is 0. The number of nitrogens with one attached hydrogen (secondary N) is 1. The van der Waals surface area contributed by atoms with Crippen LogP contribution in [0.5, 0.6) is 0 Å². The highest BCUT2D eigenvalue weighted by Gasteiger charge is 2.37. The molecule has 122 valence electrons. The lowest BCUT2D eigenvalue weighted by molar-refractivity contribution is -0.126. The number of carbonyl (C=O) groups excluding carboxylic acids is 2. The van der Waals surface area contributed by atoms with Crippen molar-refractivity contribution in [3.63, 3.8) is 0 Å². The second kappa shape index (κ2) is 7.11. The Morgan fingerprint density at radius 3 is 2.48 bits per heavy atom. The first-order chi connectivity index (χ1) is 9.65. The van der Waals surface area contributed by atoms with Crippen molar-refractivity contribution in [1.29, 1.82) is 0 Å². The zero-order valence-corrected chi connectivity index (χ0v) is 13.8. The minimum absolute atomic E-state index is 0.0708. The maximum Gasteiger partial charge on any atom is 0.410 e. The molecule has 1 aliphatic heterocycles. The summed E-state index contributed by atoms with van der Waals surface area (Å²) in [5.74, 6) is 0.123. The molecule has 1 rings (SSSR count). The number of carbonyl (C=O) groups is 2. The zero-order chi connectivity index (χ0) is 16.2. The average Bonchev–Trinajstić information content (AvgIpc) is 2.82. The van der Waals surface area contributed by atoms with Crippen molar-refractivity contribution in [2.24, 2.45) is 11.7 Å². The molecule has 1 heterocycles. The minimum atomic E-state index is -0.557. The number of rotatable bonds is 4. The monoisotopic (exact) mass is 299 g/mol. The normalized spacial score (nSPS) is 20.5. The van der Waals surface area contributed by atoms with E-state index in [0.29, 0.717) is 19.5 Å². The van der Waals surface area contributed by atoms with Crippen LogP contribution in [0.25, 0.3) is 0 Å². The molecule has 1 saturated heterocycles. The van der Waals surface area contributed by atoms with E-state index in [1.54, 1.807) is 0 Å². The van der Waals surface area contributed by atoms with E-state index >= 15 is 0 Å². The summed E-state index contributed by atoms with van der Waals surface area (Å²) in [5, 5.41) is 2.94. The molecule has 0 aromatic heterocycles. The van der Waals surface area contributed by atoms with Gasteiger partial charge < -0.3 is 15.8 Å². The average molecular weight is 299 g/mol. The van der Waals surface area contributed by atoms with E-state index in [9.17, 15) is 9.59 Å². The fraction of sp³-hybridized carbons (Fsp3) is 0.867. The van der Waals surface area contributed by atoms with E-state index in [0.717, 1.165) is 6.42 Å². The molecule has 2 amide bonds. The Balaban J connectivity index is 2.68. The molecule has 0 aromatic carbocycles. The van der Waals surface area contributed by atoms with E-state index in [4.69, 9.17) is 10.5 Å². The Kier molecular flexibility index (Phi) is 6.01. The van der Waals surface area contributed by atoms with Crippen LogP contribution in [0.3, 0.4) is 0 Å². The van der Waals surface area contributed by atoms with Crippen molar-refractivity contribution < 1.29 is 14.3 Å². The Morgan fingerprint density at radius 2 is 2.00 bits per heavy atom. The molecule has 2 atom stereocenters. The number of nitrogens with two attached hydrogens (primary N) is 1. The van der Waals surface area contributed by atoms with Crippen LogP contribution in [0.15, 0.2) is 0 Å². The molecular weight excluding hydrogens is 270 g/mol. The van der Waals surface area contributed by atoms with Crippen LogP contribution in [0.2, 0.25) is 0 Å². The number of hydrogen-bond donors (Lipinski definition) is 2. The van der Waals surface area contributed by atoms with Crippen LogP contribution in [-0.4, -0.2) is 47.7 Å². The van der Waals surface area contributed by atoms with Crippen molar-refractivity contribution in [2.75, 3.05) is 13.1 Å². The van der Waals surface area contributed by atoms with E-state index < -0.39 is 17.7 Å². The second-order valence-corrected chi connectivity index (χ2v) is 6.93. The van der Waals surface area contributed by atoms with Crippen molar-refractivity contribution in [3.05, 3.63) is 0 Å². The lowest BCUT2D eigenvalue weighted by Crippen LogP contribution is -2.52. The highest BCUT2D eigenvalue weighted by atomic mass is 16.6. The third kappa shape index (κ3) is 5.19. The molecule has 0 unspecified atom stereocenters. The van der Waals surface area contributed by atoms with Crippen LogP contribution in [0, 0.1) is 5.92 Å². The maximum atomic E-state index is 12.4. The fourth-order valence-electron chi connectivity index (χ4n) is 2.36. The van der Waals surface area contributed by atoms with E-state index in [1.165, 1.54) is 4.90 Å². The standard InChI is InChI=1S/C15H29N3O3/c1-10(2)11(9-16)17-13(19)12-7-6-8-18(12)14(20)21-15(3,4)5/h10-12H,6-9,16H2,1-5H3,(H,17,19)/t11-,12+/m1/s1. The largest absolute Gasteiger partial charge is 0.444 e. The van der Waals surface area contributed by atoms with Crippen LogP contribution in [-0.2, 0) is 9.53 Å². The highest BCUT2D eigenvalue weighted by Crippen LogP contribution is 2.21. The van der Waals surface area contributed by atoms with Gasteiger partial charge in [-0.2, -0.15) is 0 Å². The molecule has 0 bridgehead atoms. The van der Waals surface area contributed by atoms with Gasteiger partial charge in [0, 0.05) is 19.1 Å². The Bertz CT molecular complexity index is 377. The van der Waals surface area contributed by atoms with Crippen molar-refractivity contribution in [3.8, 4) is 0 Å². The third-order valence-electron chi connectivity index (χ3n) is 3.57. The Labute approximate surface area is 127 Å². The minimum Gasteiger partial charge on any atom is -0.444 e. The van der Waals surface area contributed by atoms with Gasteiger partial charge in [0.2, 0.25) is 5.91 Å². The molecule has 1 fully saturated rings. The molecule has 0 spiro atoms. The highest BCUT2D eigenvalue weighted by molar-refractivity contribution is 5.86. The molecule has 6 nitrogen and oxygen atoms in total. The molecule has 0 saturated carbocycles. The van der Waals surface area contributed by atoms with E-state index in [2.05, 4.69) is 5.32 Å². The van der Waals surface area contributed by atoms with Crippen molar-refractivity contribution in [1.82, 2.24) is 10.2 Å². The first-order valence-corrected chi connectivity index (χ1v) is 7.65. The van der Waals surface area contributed by atoms with E-state index in [-0.39, 0.29) is 17.9 Å². The SMILES string of the molecule is CC(C)[C@@H](CN)NC(=O)[C@@H]1CCCN1C(=O)OC(C)(C)C. The van der Waals surface area contributed by atoms with Gasteiger partial charge in [-0.1, -0.05) is 13.8 Å². The van der Waals surface area contributed by atoms with Gasteiger partial charge in [0.1, 0.15) is 11.6 Å². The van der Waals surface area contributed by atoms with Gasteiger partial charge in [-0.3, -0.25) is 9.69 Å². The molecule has 3 N–H and O–H groups in total. The second-order valence-electron chi connectivity index (χ2n) is 6.93. The summed E-state index contributed by atoms with van der Waals surface area (Å²) in [4.78, 5) is 26.1. The summed E-state index contributed by atoms with van der Waals surface area (Å²) in [6, 6.07) is -0.522. The molecule has 0 radical (unpaired) electrons. The summed E-state index contributed by atoms with van der Waals surface area (Å²) < 4.78 is 5.36. The first kappa shape index (κ1) is 17.8. The third-order valence-corrected chi connectivity index (χ3v) is 3.57. The van der Waals surface area contributed by atoms with Gasteiger partial charge in [0.05, 0.1) is 0 Å². The van der Waals surface area contributed by atoms with Crippen LogP contribution in [0.1, 0.15) is 47.5 Å². The lowest BCUT2D eigenvalue weighted by atomic mass is 10.0. The van der Waals surface area contributed by atoms with Crippen molar-refractivity contribution >= 4 is 12.0 Å². The van der Waals surface area contributed by atoms with Gasteiger partial charge in [-0.15, -0.1) is 0 Å². The van der Waals surface area contributed by atoms with Crippen LogP contribution >= 0.6 is 0 Å². The molecule has 6 heteroatoms. The Hall–Kier alpha value is -1.30. The van der Waals surface area contributed by atoms with Crippen LogP contribution in [0.4, 0.5) is 4.79 Å². The number of amides is 2. The summed E-state index contributed by atoms with van der Waals surface area (Å²) in [5.41, 5.74) is 5.12. The maximum absolute atomic E-state index is 12.4. The van der Waals surface area contributed by atoms with Crippen molar-refractivity contribution in [2.45, 2.75) is 65.1 Å². The van der Waals surface area contributed by atoms with Gasteiger partial charge in [0.15, 0.2) is 0 Å². The van der Waals surface area contributed by atoms with Gasteiger partial charge >= 0.3 is 6.09 Å². The predicted octanol–water partition coefficient (Wildman–Crippen LogP) is 1.49. The topological polar surface area (TPSA) is 84.7 Å². The smallest absolute Gasteiger partial charge is 0.410 e. The Morgan fingerprint density at radius 1 is 1.38 bits per heavy atom. The molecule has 0 aromatic rings. The quantitative estimate of drug-likeness (QED) is 0.823. The van der Waals surface area contributed by atoms with Gasteiger partial charge in [-0.05, 0) is 39.5 Å². The fourth-order valence-corrected chi connectivity index (χ4v) is 2.36. The van der Waals surface area contributed by atoms with Gasteiger partial charge in [-0.25, -0.2) is 4.79 Å². The summed E-state index contributed by atoms with van der Waals surface area (Å²) in [6.45, 7) is 10.4. The number of likely N-dealkylation sites (tertiary alicyclic amines) is 1. The predicted molar refractivity (Wildman–Crippen MR) is 81.8 cm³/mol.